The highest BCUT2D eigenvalue weighted by Gasteiger charge is 2.07. The van der Waals surface area contributed by atoms with E-state index in [0.29, 0.717) is 11.1 Å². The number of rotatable bonds is 2. The predicted molar refractivity (Wildman–Crippen MR) is 45.4 cm³/mol. The van der Waals surface area contributed by atoms with Crippen molar-refractivity contribution in [2.45, 2.75) is 0 Å². The highest BCUT2D eigenvalue weighted by atomic mass is 32.2. The highest BCUT2D eigenvalue weighted by Crippen LogP contribution is 2.19. The fourth-order valence-electron chi connectivity index (χ4n) is 0.948. The molecule has 1 aromatic carbocycles. The molecule has 0 amide bonds. The summed E-state index contributed by atoms with van der Waals surface area (Å²) in [6.45, 7) is 0. The first-order valence-electron chi connectivity index (χ1n) is 3.40. The molecular weight excluding hydrogens is 194 g/mol. The Balaban J connectivity index is 2.44. The van der Waals surface area contributed by atoms with Crippen molar-refractivity contribution in [2.24, 2.45) is 0 Å². The number of hydrogen-bond acceptors (Lipinski definition) is 4. The Morgan fingerprint density at radius 3 is 2.92 bits per heavy atom. The molecule has 2 rings (SSSR count). The number of aromatic nitrogens is 1. The van der Waals surface area contributed by atoms with E-state index in [0.717, 1.165) is 0 Å². The molecular formula is C7H5NO4S. The topological polar surface area (TPSA) is 72.6 Å². The van der Waals surface area contributed by atoms with Crippen LogP contribution in [0, 0.1) is 0 Å². The molecule has 68 valence electrons. The summed E-state index contributed by atoms with van der Waals surface area (Å²) in [4.78, 5) is 3.81. The van der Waals surface area contributed by atoms with Crippen LogP contribution in [-0.2, 0) is 11.4 Å². The minimum atomic E-state index is -2.40. The molecule has 0 aliphatic carbocycles. The van der Waals surface area contributed by atoms with Gasteiger partial charge in [0.25, 0.3) is 0 Å². The van der Waals surface area contributed by atoms with Crippen molar-refractivity contribution in [2.75, 3.05) is 0 Å². The second-order valence-corrected chi connectivity index (χ2v) is 2.85. The lowest BCUT2D eigenvalue weighted by Gasteiger charge is -1.88. The summed E-state index contributed by atoms with van der Waals surface area (Å²) >= 11 is -2.40. The maximum atomic E-state index is 10.2. The second-order valence-electron chi connectivity index (χ2n) is 2.25. The normalized spacial score (nSPS) is 13.0. The summed E-state index contributed by atoms with van der Waals surface area (Å²) < 4.78 is 28.0. The molecule has 13 heavy (non-hydrogen) atoms. The van der Waals surface area contributed by atoms with Gasteiger partial charge in [-0.1, -0.05) is 12.1 Å². The Labute approximate surface area is 75.8 Å². The van der Waals surface area contributed by atoms with E-state index in [9.17, 15) is 4.21 Å². The van der Waals surface area contributed by atoms with Gasteiger partial charge < -0.3 is 8.60 Å². The largest absolute Gasteiger partial charge is 0.410 e. The van der Waals surface area contributed by atoms with Gasteiger partial charge >= 0.3 is 17.4 Å². The van der Waals surface area contributed by atoms with Crippen LogP contribution in [0.15, 0.2) is 28.7 Å². The minimum absolute atomic E-state index is 0.206. The summed E-state index contributed by atoms with van der Waals surface area (Å²) in [7, 11) is 0. The average molecular weight is 199 g/mol. The Kier molecular flexibility index (Phi) is 1.99. The molecule has 1 unspecified atom stereocenters. The average Bonchev–Trinajstić information content (AvgIpc) is 2.44. The van der Waals surface area contributed by atoms with Gasteiger partial charge in [0.1, 0.15) is 5.52 Å². The lowest BCUT2D eigenvalue weighted by atomic mass is 10.3. The summed E-state index contributed by atoms with van der Waals surface area (Å²) in [6.07, 6.45) is -0.206. The maximum Gasteiger partial charge on any atom is 0.410 e. The number of para-hydroxylation sites is 2. The van der Waals surface area contributed by atoms with E-state index in [-0.39, 0.29) is 6.08 Å². The number of hydrogen-bond donors (Lipinski definition) is 1. The standard InChI is InChI=1S/C7H5NO4S/c9-13(10)12-7-8-5-3-1-2-4-6(5)11-7/h1-4H,(H,9,10). The number of benzene rings is 1. The van der Waals surface area contributed by atoms with Crippen LogP contribution in [0.5, 0.6) is 6.08 Å². The monoisotopic (exact) mass is 199 g/mol. The summed E-state index contributed by atoms with van der Waals surface area (Å²) in [5.74, 6) is 0. The molecule has 6 heteroatoms. The lowest BCUT2D eigenvalue weighted by Crippen LogP contribution is -1.96. The number of oxazole rings is 1. The zero-order chi connectivity index (χ0) is 9.26. The van der Waals surface area contributed by atoms with Gasteiger partial charge in [-0.2, -0.15) is 9.19 Å². The molecule has 0 aliphatic rings. The third-order valence-corrected chi connectivity index (χ3v) is 1.70. The molecule has 0 fully saturated rings. The van der Waals surface area contributed by atoms with Crippen LogP contribution < -0.4 is 4.18 Å². The zero-order valence-corrected chi connectivity index (χ0v) is 7.15. The van der Waals surface area contributed by atoms with Gasteiger partial charge in [0, 0.05) is 0 Å². The molecule has 0 bridgehead atoms. The van der Waals surface area contributed by atoms with E-state index in [1.165, 1.54) is 0 Å². The van der Waals surface area contributed by atoms with E-state index in [4.69, 9.17) is 8.97 Å². The summed E-state index contributed by atoms with van der Waals surface area (Å²) in [5.41, 5.74) is 1.10. The van der Waals surface area contributed by atoms with Crippen LogP contribution in [0.25, 0.3) is 11.1 Å². The molecule has 0 saturated heterocycles. The molecule has 0 aliphatic heterocycles. The van der Waals surface area contributed by atoms with Gasteiger partial charge in [0.05, 0.1) is 0 Å². The molecule has 2 aromatic rings. The third-order valence-electron chi connectivity index (χ3n) is 1.42. The summed E-state index contributed by atoms with van der Waals surface area (Å²) in [6, 6.07) is 6.96. The quantitative estimate of drug-likeness (QED) is 0.739. The van der Waals surface area contributed by atoms with Gasteiger partial charge in [-0.15, -0.1) is 0 Å². The van der Waals surface area contributed by atoms with E-state index in [1.54, 1.807) is 24.3 Å². The van der Waals surface area contributed by atoms with Crippen LogP contribution in [0.4, 0.5) is 0 Å². The molecule has 0 saturated carbocycles. The Bertz CT molecular complexity index is 419. The first kappa shape index (κ1) is 8.21. The van der Waals surface area contributed by atoms with Crippen LogP contribution in [0.2, 0.25) is 0 Å². The van der Waals surface area contributed by atoms with Gasteiger partial charge in [0.2, 0.25) is 0 Å². The van der Waals surface area contributed by atoms with Crippen molar-refractivity contribution in [3.8, 4) is 6.08 Å². The molecule has 1 heterocycles. The zero-order valence-electron chi connectivity index (χ0n) is 6.34. The molecule has 0 spiro atoms. The lowest BCUT2D eigenvalue weighted by molar-refractivity contribution is 0.370. The Morgan fingerprint density at radius 1 is 1.46 bits per heavy atom. The Morgan fingerprint density at radius 2 is 2.23 bits per heavy atom. The van der Waals surface area contributed by atoms with Gasteiger partial charge in [0.15, 0.2) is 5.58 Å². The van der Waals surface area contributed by atoms with E-state index in [2.05, 4.69) is 9.17 Å². The van der Waals surface area contributed by atoms with E-state index < -0.39 is 11.4 Å². The highest BCUT2D eigenvalue weighted by molar-refractivity contribution is 7.74. The number of fused-ring (bicyclic) bond motifs is 1. The Hall–Kier alpha value is -1.40. The van der Waals surface area contributed by atoms with Gasteiger partial charge in [-0.25, -0.2) is 0 Å². The van der Waals surface area contributed by atoms with Crippen molar-refractivity contribution in [3.05, 3.63) is 24.3 Å². The van der Waals surface area contributed by atoms with Crippen molar-refractivity contribution in [1.82, 2.24) is 4.98 Å². The molecule has 5 nitrogen and oxygen atoms in total. The summed E-state index contributed by atoms with van der Waals surface area (Å²) in [5, 5.41) is 0. The van der Waals surface area contributed by atoms with Gasteiger partial charge in [-0.05, 0) is 12.1 Å². The molecule has 1 atom stereocenters. The molecule has 1 aromatic heterocycles. The first-order chi connectivity index (χ1) is 6.25. The van der Waals surface area contributed by atoms with Crippen molar-refractivity contribution >= 4 is 22.5 Å². The smallest absolute Gasteiger partial charge is 0.408 e. The maximum absolute atomic E-state index is 10.2. The molecule has 1 N–H and O–H groups in total. The fourth-order valence-corrected chi connectivity index (χ4v) is 1.14. The van der Waals surface area contributed by atoms with E-state index >= 15 is 0 Å². The fraction of sp³-hybridized carbons (Fsp3) is 0. The van der Waals surface area contributed by atoms with Crippen LogP contribution in [0.3, 0.4) is 0 Å². The first-order valence-corrected chi connectivity index (χ1v) is 4.43. The van der Waals surface area contributed by atoms with Crippen LogP contribution >= 0.6 is 0 Å². The SMILES string of the molecule is O=S(O)Oc1nc2ccccc2o1. The van der Waals surface area contributed by atoms with E-state index in [1.807, 2.05) is 0 Å². The van der Waals surface area contributed by atoms with Gasteiger partial charge in [-0.3, -0.25) is 4.55 Å². The van der Waals surface area contributed by atoms with Crippen LogP contribution in [0.1, 0.15) is 0 Å². The van der Waals surface area contributed by atoms with Crippen molar-refractivity contribution < 1.29 is 17.4 Å². The van der Waals surface area contributed by atoms with Crippen molar-refractivity contribution in [3.63, 3.8) is 0 Å². The third kappa shape index (κ3) is 1.68. The molecule has 0 radical (unpaired) electrons. The minimum Gasteiger partial charge on any atom is -0.408 e. The van der Waals surface area contributed by atoms with Crippen molar-refractivity contribution in [1.29, 1.82) is 0 Å². The van der Waals surface area contributed by atoms with Crippen LogP contribution in [-0.4, -0.2) is 13.7 Å². The number of nitrogens with zero attached hydrogens (tertiary/aromatic N) is 1. The predicted octanol–water partition coefficient (Wildman–Crippen LogP) is 1.34. The second kappa shape index (κ2) is 3.15.